The molecule has 1 aromatic carbocycles. The van der Waals surface area contributed by atoms with Crippen LogP contribution in [0.25, 0.3) is 5.69 Å². The molecule has 25 heavy (non-hydrogen) atoms. The molecule has 2 amide bonds. The Bertz CT molecular complexity index is 746. The molecular weight excluding hydrogens is 323 g/mol. The molecule has 1 aliphatic heterocycles. The Labute approximate surface area is 145 Å². The predicted molar refractivity (Wildman–Crippen MR) is 91.8 cm³/mol. The van der Waals surface area contributed by atoms with Gasteiger partial charge in [0.25, 0.3) is 0 Å². The molecule has 6 nitrogen and oxygen atoms in total. The number of hydrogen-bond donors (Lipinski definition) is 1. The summed E-state index contributed by atoms with van der Waals surface area (Å²) in [5.41, 5.74) is 0.507. The third kappa shape index (κ3) is 4.23. The second-order valence-corrected chi connectivity index (χ2v) is 6.11. The van der Waals surface area contributed by atoms with Crippen LogP contribution in [0.4, 0.5) is 10.1 Å². The smallest absolute Gasteiger partial charge is 0.244 e. The van der Waals surface area contributed by atoms with Crippen LogP contribution in [0.3, 0.4) is 0 Å². The zero-order valence-corrected chi connectivity index (χ0v) is 13.9. The molecule has 132 valence electrons. The summed E-state index contributed by atoms with van der Waals surface area (Å²) in [5.74, 6) is -0.969. The number of carbonyl (C=O) groups is 2. The first-order chi connectivity index (χ1) is 12.1. The normalized spacial score (nSPS) is 15.6. The van der Waals surface area contributed by atoms with Crippen LogP contribution in [0.15, 0.2) is 36.7 Å². The SMILES string of the molecule is O=C(CN1CCCCCCC1=O)Nc1c(F)cccc1-n1cccn1. The molecule has 1 fully saturated rings. The lowest BCUT2D eigenvalue weighted by molar-refractivity contribution is -0.135. The summed E-state index contributed by atoms with van der Waals surface area (Å²) in [6.07, 6.45) is 7.56. The van der Waals surface area contributed by atoms with Crippen molar-refractivity contribution >= 4 is 17.5 Å². The Morgan fingerprint density at radius 2 is 2.04 bits per heavy atom. The Hall–Kier alpha value is -2.70. The molecule has 0 radical (unpaired) electrons. The van der Waals surface area contributed by atoms with Crippen LogP contribution >= 0.6 is 0 Å². The van der Waals surface area contributed by atoms with Crippen molar-refractivity contribution in [2.45, 2.75) is 32.1 Å². The van der Waals surface area contributed by atoms with Gasteiger partial charge in [-0.05, 0) is 31.0 Å². The van der Waals surface area contributed by atoms with E-state index < -0.39 is 11.7 Å². The van der Waals surface area contributed by atoms with Gasteiger partial charge in [0.2, 0.25) is 11.8 Å². The van der Waals surface area contributed by atoms with Crippen LogP contribution in [-0.4, -0.2) is 39.6 Å². The molecule has 1 saturated heterocycles. The molecule has 1 N–H and O–H groups in total. The van der Waals surface area contributed by atoms with Crippen LogP contribution in [0.1, 0.15) is 32.1 Å². The Morgan fingerprint density at radius 3 is 2.84 bits per heavy atom. The maximum atomic E-state index is 14.2. The minimum absolute atomic E-state index is 0.0179. The third-order valence-electron chi connectivity index (χ3n) is 4.26. The lowest BCUT2D eigenvalue weighted by Gasteiger charge is -2.24. The van der Waals surface area contributed by atoms with E-state index in [1.807, 2.05) is 0 Å². The zero-order chi connectivity index (χ0) is 17.6. The van der Waals surface area contributed by atoms with Crippen molar-refractivity contribution in [2.24, 2.45) is 0 Å². The summed E-state index contributed by atoms with van der Waals surface area (Å²) >= 11 is 0. The highest BCUT2D eigenvalue weighted by molar-refractivity contribution is 5.96. The van der Waals surface area contributed by atoms with E-state index in [4.69, 9.17) is 0 Å². The number of hydrogen-bond acceptors (Lipinski definition) is 3. The van der Waals surface area contributed by atoms with E-state index in [-0.39, 0.29) is 18.1 Å². The number of amides is 2. The Kier molecular flexibility index (Phi) is 5.42. The van der Waals surface area contributed by atoms with Gasteiger partial charge in [-0.1, -0.05) is 18.9 Å². The average Bonchev–Trinajstić information content (AvgIpc) is 3.11. The zero-order valence-electron chi connectivity index (χ0n) is 13.9. The molecule has 0 unspecified atom stereocenters. The van der Waals surface area contributed by atoms with Gasteiger partial charge in [0.15, 0.2) is 0 Å². The van der Waals surface area contributed by atoms with Crippen molar-refractivity contribution < 1.29 is 14.0 Å². The van der Waals surface area contributed by atoms with Crippen LogP contribution in [0.2, 0.25) is 0 Å². The maximum absolute atomic E-state index is 14.2. The number of rotatable bonds is 4. The molecule has 3 rings (SSSR count). The molecule has 0 atom stereocenters. The minimum atomic E-state index is -0.541. The summed E-state index contributed by atoms with van der Waals surface area (Å²) < 4.78 is 15.7. The van der Waals surface area contributed by atoms with Crippen LogP contribution in [0.5, 0.6) is 0 Å². The molecule has 0 saturated carbocycles. The van der Waals surface area contributed by atoms with Gasteiger partial charge in [0.1, 0.15) is 11.5 Å². The number of nitrogens with zero attached hydrogens (tertiary/aromatic N) is 3. The number of likely N-dealkylation sites (tertiary alicyclic amines) is 1. The summed E-state index contributed by atoms with van der Waals surface area (Å²) in [4.78, 5) is 26.1. The monoisotopic (exact) mass is 344 g/mol. The number of anilines is 1. The number of halogens is 1. The summed E-state index contributed by atoms with van der Waals surface area (Å²) in [5, 5.41) is 6.68. The van der Waals surface area contributed by atoms with Gasteiger partial charge in [-0.2, -0.15) is 5.10 Å². The van der Waals surface area contributed by atoms with E-state index in [9.17, 15) is 14.0 Å². The van der Waals surface area contributed by atoms with Crippen molar-refractivity contribution in [3.63, 3.8) is 0 Å². The van der Waals surface area contributed by atoms with Gasteiger partial charge in [0, 0.05) is 25.4 Å². The summed E-state index contributed by atoms with van der Waals surface area (Å²) in [6.45, 7) is 0.501. The third-order valence-corrected chi connectivity index (χ3v) is 4.26. The molecule has 7 heteroatoms. The van der Waals surface area contributed by atoms with Crippen molar-refractivity contribution in [1.29, 1.82) is 0 Å². The Balaban J connectivity index is 1.73. The molecule has 0 bridgehead atoms. The van der Waals surface area contributed by atoms with Crippen molar-refractivity contribution in [3.8, 4) is 5.69 Å². The van der Waals surface area contributed by atoms with Crippen molar-refractivity contribution in [1.82, 2.24) is 14.7 Å². The van der Waals surface area contributed by atoms with Crippen LogP contribution < -0.4 is 5.32 Å². The highest BCUT2D eigenvalue weighted by atomic mass is 19.1. The van der Waals surface area contributed by atoms with Gasteiger partial charge in [-0.25, -0.2) is 9.07 Å². The van der Waals surface area contributed by atoms with Crippen molar-refractivity contribution in [3.05, 3.63) is 42.5 Å². The number of benzene rings is 1. The van der Waals surface area contributed by atoms with Gasteiger partial charge in [0.05, 0.1) is 12.2 Å². The fraction of sp³-hybridized carbons (Fsp3) is 0.389. The number of nitrogens with one attached hydrogen (secondary N) is 1. The lowest BCUT2D eigenvalue weighted by Crippen LogP contribution is -2.39. The minimum Gasteiger partial charge on any atom is -0.333 e. The van der Waals surface area contributed by atoms with E-state index in [0.717, 1.165) is 25.7 Å². The van der Waals surface area contributed by atoms with E-state index in [0.29, 0.717) is 18.7 Å². The molecule has 2 aromatic rings. The second kappa shape index (κ2) is 7.92. The maximum Gasteiger partial charge on any atom is 0.244 e. The number of para-hydroxylation sites is 1. The second-order valence-electron chi connectivity index (χ2n) is 6.11. The van der Waals surface area contributed by atoms with E-state index >= 15 is 0 Å². The fourth-order valence-corrected chi connectivity index (χ4v) is 2.97. The molecule has 0 spiro atoms. The number of aromatic nitrogens is 2. The molecule has 1 aromatic heterocycles. The largest absolute Gasteiger partial charge is 0.333 e. The van der Waals surface area contributed by atoms with Crippen molar-refractivity contribution in [2.75, 3.05) is 18.4 Å². The molecular formula is C18H21FN4O2. The molecule has 1 aliphatic rings. The first-order valence-electron chi connectivity index (χ1n) is 8.51. The summed E-state index contributed by atoms with van der Waals surface area (Å²) in [6, 6.07) is 6.23. The van der Waals surface area contributed by atoms with Gasteiger partial charge in [-0.3, -0.25) is 9.59 Å². The average molecular weight is 344 g/mol. The van der Waals surface area contributed by atoms with E-state index in [1.54, 1.807) is 35.5 Å². The molecule has 0 aliphatic carbocycles. The number of carbonyl (C=O) groups excluding carboxylic acids is 2. The first-order valence-corrected chi connectivity index (χ1v) is 8.51. The van der Waals surface area contributed by atoms with Crippen LogP contribution in [-0.2, 0) is 9.59 Å². The summed E-state index contributed by atoms with van der Waals surface area (Å²) in [7, 11) is 0. The lowest BCUT2D eigenvalue weighted by atomic mass is 10.1. The van der Waals surface area contributed by atoms with Gasteiger partial charge >= 0.3 is 0 Å². The highest BCUT2D eigenvalue weighted by Crippen LogP contribution is 2.23. The predicted octanol–water partition coefficient (Wildman–Crippen LogP) is 2.74. The fourth-order valence-electron chi connectivity index (χ4n) is 2.97. The molecule has 2 heterocycles. The topological polar surface area (TPSA) is 67.2 Å². The highest BCUT2D eigenvalue weighted by Gasteiger charge is 2.20. The van der Waals surface area contributed by atoms with Gasteiger partial charge in [-0.15, -0.1) is 0 Å². The first kappa shape index (κ1) is 17.1. The van der Waals surface area contributed by atoms with Crippen LogP contribution in [0, 0.1) is 5.82 Å². The van der Waals surface area contributed by atoms with E-state index in [1.165, 1.54) is 10.7 Å². The van der Waals surface area contributed by atoms with Gasteiger partial charge < -0.3 is 10.2 Å². The standard InChI is InChI=1S/C18H21FN4O2/c19-14-7-5-8-15(23-12-6-10-20-23)18(14)21-16(24)13-22-11-4-2-1-3-9-17(22)25/h5-8,10,12H,1-4,9,11,13H2,(H,21,24). The van der Waals surface area contributed by atoms with E-state index in [2.05, 4.69) is 10.4 Å². The Morgan fingerprint density at radius 1 is 1.20 bits per heavy atom. The quantitative estimate of drug-likeness (QED) is 0.927.